The lowest BCUT2D eigenvalue weighted by Crippen LogP contribution is -2.14. The van der Waals surface area contributed by atoms with E-state index >= 15 is 0 Å². The minimum atomic E-state index is 0.632. The standard InChI is InChI=1S/C12H18BrNO3/c1-15-10-6-9(4-5-14-8-13)7-11(16-2)12(10)17-3/h6-7,14H,4-5,8H2,1-3H3. The molecule has 4 nitrogen and oxygen atoms in total. The van der Waals surface area contributed by atoms with Crippen molar-refractivity contribution in [2.24, 2.45) is 0 Å². The number of benzene rings is 1. The number of methoxy groups -OCH3 is 3. The summed E-state index contributed by atoms with van der Waals surface area (Å²) in [5, 5.41) is 3.20. The van der Waals surface area contributed by atoms with Crippen molar-refractivity contribution in [2.75, 3.05) is 33.3 Å². The Hall–Kier alpha value is -0.940. The topological polar surface area (TPSA) is 39.7 Å². The third-order valence-corrected chi connectivity index (χ3v) is 2.81. The van der Waals surface area contributed by atoms with Crippen molar-refractivity contribution in [1.29, 1.82) is 0 Å². The van der Waals surface area contributed by atoms with Gasteiger partial charge in [0.1, 0.15) is 0 Å². The van der Waals surface area contributed by atoms with E-state index in [-0.39, 0.29) is 0 Å². The van der Waals surface area contributed by atoms with Crippen LogP contribution in [0.15, 0.2) is 12.1 Å². The van der Waals surface area contributed by atoms with Crippen LogP contribution in [0.4, 0.5) is 0 Å². The monoisotopic (exact) mass is 303 g/mol. The molecule has 0 heterocycles. The minimum Gasteiger partial charge on any atom is -0.493 e. The molecule has 5 heteroatoms. The summed E-state index contributed by atoms with van der Waals surface area (Å²) in [5.74, 6) is 2.02. The molecule has 0 aliphatic heterocycles. The van der Waals surface area contributed by atoms with Gasteiger partial charge in [-0.3, -0.25) is 0 Å². The fraction of sp³-hybridized carbons (Fsp3) is 0.500. The van der Waals surface area contributed by atoms with Crippen molar-refractivity contribution in [1.82, 2.24) is 5.32 Å². The van der Waals surface area contributed by atoms with Crippen LogP contribution in [0.2, 0.25) is 0 Å². The molecule has 1 aromatic carbocycles. The van der Waals surface area contributed by atoms with E-state index in [0.717, 1.165) is 24.0 Å². The first kappa shape index (κ1) is 14.1. The van der Waals surface area contributed by atoms with Crippen LogP contribution >= 0.6 is 15.9 Å². The van der Waals surface area contributed by atoms with Crippen LogP contribution in [-0.4, -0.2) is 33.3 Å². The lowest BCUT2D eigenvalue weighted by molar-refractivity contribution is 0.324. The van der Waals surface area contributed by atoms with Crippen molar-refractivity contribution in [3.8, 4) is 17.2 Å². The third kappa shape index (κ3) is 3.78. The van der Waals surface area contributed by atoms with Gasteiger partial charge < -0.3 is 19.5 Å². The first-order valence-electron chi connectivity index (χ1n) is 5.32. The van der Waals surface area contributed by atoms with Crippen LogP contribution in [0.3, 0.4) is 0 Å². The van der Waals surface area contributed by atoms with Crippen molar-refractivity contribution in [2.45, 2.75) is 6.42 Å². The van der Waals surface area contributed by atoms with E-state index < -0.39 is 0 Å². The van der Waals surface area contributed by atoms with Gasteiger partial charge in [-0.05, 0) is 30.7 Å². The van der Waals surface area contributed by atoms with E-state index in [1.54, 1.807) is 21.3 Å². The summed E-state index contributed by atoms with van der Waals surface area (Å²) >= 11 is 3.32. The van der Waals surface area contributed by atoms with Gasteiger partial charge in [0.05, 0.1) is 26.8 Å². The molecule has 1 aromatic rings. The van der Waals surface area contributed by atoms with E-state index in [2.05, 4.69) is 21.2 Å². The van der Waals surface area contributed by atoms with Gasteiger partial charge >= 0.3 is 0 Å². The zero-order chi connectivity index (χ0) is 12.7. The summed E-state index contributed by atoms with van der Waals surface area (Å²) < 4.78 is 15.8. The SMILES string of the molecule is COc1cc(CCNCBr)cc(OC)c1OC. The van der Waals surface area contributed by atoms with E-state index in [4.69, 9.17) is 14.2 Å². The van der Waals surface area contributed by atoms with Gasteiger partial charge in [0.15, 0.2) is 11.5 Å². The Morgan fingerprint density at radius 3 is 2.06 bits per heavy atom. The number of ether oxygens (including phenoxy) is 3. The second kappa shape index (κ2) is 7.40. The van der Waals surface area contributed by atoms with E-state index in [1.165, 1.54) is 0 Å². The fourth-order valence-electron chi connectivity index (χ4n) is 1.58. The number of halogens is 1. The fourth-order valence-corrected chi connectivity index (χ4v) is 1.86. The predicted molar refractivity (Wildman–Crippen MR) is 71.6 cm³/mol. The minimum absolute atomic E-state index is 0.632. The van der Waals surface area contributed by atoms with Crippen LogP contribution in [0, 0.1) is 0 Å². The number of rotatable bonds is 7. The lowest BCUT2D eigenvalue weighted by Gasteiger charge is -2.14. The van der Waals surface area contributed by atoms with Crippen molar-refractivity contribution >= 4 is 15.9 Å². The highest BCUT2D eigenvalue weighted by Gasteiger charge is 2.12. The molecule has 0 unspecified atom stereocenters. The predicted octanol–water partition coefficient (Wildman–Crippen LogP) is 2.20. The van der Waals surface area contributed by atoms with Crippen LogP contribution in [0.1, 0.15) is 5.56 Å². The molecule has 0 bridgehead atoms. The van der Waals surface area contributed by atoms with E-state index in [1.807, 2.05) is 12.1 Å². The number of hydrogen-bond acceptors (Lipinski definition) is 4. The molecule has 0 aliphatic carbocycles. The van der Waals surface area contributed by atoms with Gasteiger partial charge in [0.25, 0.3) is 0 Å². The molecular formula is C12H18BrNO3. The molecular weight excluding hydrogens is 286 g/mol. The summed E-state index contributed by atoms with van der Waals surface area (Å²) in [5.41, 5.74) is 1.94. The molecule has 0 spiro atoms. The molecule has 0 fully saturated rings. The Morgan fingerprint density at radius 2 is 1.65 bits per heavy atom. The summed E-state index contributed by atoms with van der Waals surface area (Å²) in [7, 11) is 4.85. The normalized spacial score (nSPS) is 10.1. The quantitative estimate of drug-likeness (QED) is 0.476. The van der Waals surface area contributed by atoms with Crippen LogP contribution < -0.4 is 19.5 Å². The van der Waals surface area contributed by atoms with Gasteiger partial charge in [0, 0.05) is 0 Å². The first-order valence-corrected chi connectivity index (χ1v) is 6.44. The van der Waals surface area contributed by atoms with Gasteiger partial charge in [-0.25, -0.2) is 0 Å². The smallest absolute Gasteiger partial charge is 0.203 e. The maximum atomic E-state index is 5.29. The summed E-state index contributed by atoms with van der Waals surface area (Å²) in [6, 6.07) is 3.94. The maximum Gasteiger partial charge on any atom is 0.203 e. The molecule has 96 valence electrons. The summed E-state index contributed by atoms with van der Waals surface area (Å²) in [6.45, 7) is 0.893. The maximum absolute atomic E-state index is 5.29. The van der Waals surface area contributed by atoms with Crippen molar-refractivity contribution < 1.29 is 14.2 Å². The molecule has 1 N–H and O–H groups in total. The highest BCUT2D eigenvalue weighted by Crippen LogP contribution is 2.38. The van der Waals surface area contributed by atoms with Gasteiger partial charge in [-0.1, -0.05) is 15.9 Å². The molecule has 0 aromatic heterocycles. The largest absolute Gasteiger partial charge is 0.493 e. The lowest BCUT2D eigenvalue weighted by atomic mass is 10.1. The molecule has 0 amide bonds. The Labute approximate surface area is 110 Å². The Bertz CT molecular complexity index is 333. The molecule has 17 heavy (non-hydrogen) atoms. The number of nitrogens with one attached hydrogen (secondary N) is 1. The molecule has 0 saturated carbocycles. The number of alkyl halides is 1. The molecule has 0 aliphatic rings. The van der Waals surface area contributed by atoms with Crippen LogP contribution in [-0.2, 0) is 6.42 Å². The van der Waals surface area contributed by atoms with Gasteiger partial charge in [-0.2, -0.15) is 0 Å². The highest BCUT2D eigenvalue weighted by molar-refractivity contribution is 9.09. The Balaban J connectivity index is 2.92. The zero-order valence-electron chi connectivity index (χ0n) is 10.4. The molecule has 0 atom stereocenters. The van der Waals surface area contributed by atoms with E-state index in [0.29, 0.717) is 17.2 Å². The van der Waals surface area contributed by atoms with Gasteiger partial charge in [0.2, 0.25) is 5.75 Å². The molecule has 0 radical (unpaired) electrons. The highest BCUT2D eigenvalue weighted by atomic mass is 79.9. The zero-order valence-corrected chi connectivity index (χ0v) is 12.0. The summed E-state index contributed by atoms with van der Waals surface area (Å²) in [6.07, 6.45) is 0.905. The average molecular weight is 304 g/mol. The first-order chi connectivity index (χ1) is 8.26. The average Bonchev–Trinajstić information content (AvgIpc) is 2.37. The Morgan fingerprint density at radius 1 is 1.06 bits per heavy atom. The van der Waals surface area contributed by atoms with Crippen molar-refractivity contribution in [3.63, 3.8) is 0 Å². The van der Waals surface area contributed by atoms with Crippen LogP contribution in [0.5, 0.6) is 17.2 Å². The number of hydrogen-bond donors (Lipinski definition) is 1. The Kier molecular flexibility index (Phi) is 6.15. The third-order valence-electron chi connectivity index (χ3n) is 2.41. The molecule has 1 rings (SSSR count). The van der Waals surface area contributed by atoms with Crippen LogP contribution in [0.25, 0.3) is 0 Å². The second-order valence-electron chi connectivity index (χ2n) is 3.42. The second-order valence-corrected chi connectivity index (χ2v) is 3.98. The summed E-state index contributed by atoms with van der Waals surface area (Å²) in [4.78, 5) is 0. The van der Waals surface area contributed by atoms with Gasteiger partial charge in [-0.15, -0.1) is 0 Å². The van der Waals surface area contributed by atoms with Crippen molar-refractivity contribution in [3.05, 3.63) is 17.7 Å². The van der Waals surface area contributed by atoms with E-state index in [9.17, 15) is 0 Å². The molecule has 0 saturated heterocycles.